The van der Waals surface area contributed by atoms with E-state index in [1.165, 1.54) is 0 Å². The maximum absolute atomic E-state index is 12.3. The molecule has 1 aromatic heterocycles. The van der Waals surface area contributed by atoms with E-state index in [1.807, 2.05) is 27.1 Å². The van der Waals surface area contributed by atoms with Crippen molar-refractivity contribution in [2.45, 2.75) is 19.4 Å². The highest BCUT2D eigenvalue weighted by atomic mass is 16.5. The molecule has 2 aromatic carbocycles. The lowest BCUT2D eigenvalue weighted by atomic mass is 10.1. The molecule has 0 fully saturated rings. The SMILES string of the molecule is CCOC(c1nnc(-c2ccc(C(=O)NCCCN(C)C)cc2)o1)c1ccccc1O. The first-order chi connectivity index (χ1) is 15.0. The molecule has 3 rings (SSSR count). The summed E-state index contributed by atoms with van der Waals surface area (Å²) in [7, 11) is 4.01. The Labute approximate surface area is 181 Å². The molecule has 0 spiro atoms. The summed E-state index contributed by atoms with van der Waals surface area (Å²) >= 11 is 0. The van der Waals surface area contributed by atoms with Gasteiger partial charge in [0, 0.05) is 29.8 Å². The molecule has 1 heterocycles. The summed E-state index contributed by atoms with van der Waals surface area (Å²) in [5.74, 6) is 0.545. The Balaban J connectivity index is 1.70. The Morgan fingerprint density at radius 3 is 2.58 bits per heavy atom. The number of rotatable bonds is 10. The topological polar surface area (TPSA) is 101 Å². The molecule has 2 N–H and O–H groups in total. The smallest absolute Gasteiger partial charge is 0.251 e. The summed E-state index contributed by atoms with van der Waals surface area (Å²) in [5, 5.41) is 21.3. The first-order valence-electron chi connectivity index (χ1n) is 10.3. The summed E-state index contributed by atoms with van der Waals surface area (Å²) in [4.78, 5) is 14.4. The Morgan fingerprint density at radius 2 is 1.90 bits per heavy atom. The lowest BCUT2D eigenvalue weighted by Crippen LogP contribution is -2.27. The monoisotopic (exact) mass is 424 g/mol. The number of phenolic OH excluding ortho intramolecular Hbond substituents is 1. The van der Waals surface area contributed by atoms with Crippen molar-refractivity contribution in [2.24, 2.45) is 0 Å². The number of benzene rings is 2. The van der Waals surface area contributed by atoms with Crippen molar-refractivity contribution >= 4 is 5.91 Å². The molecule has 8 nitrogen and oxygen atoms in total. The van der Waals surface area contributed by atoms with Crippen molar-refractivity contribution < 1.29 is 19.1 Å². The van der Waals surface area contributed by atoms with E-state index in [4.69, 9.17) is 9.15 Å². The molecule has 8 heteroatoms. The fourth-order valence-corrected chi connectivity index (χ4v) is 3.09. The molecule has 1 atom stereocenters. The number of nitrogens with zero attached hydrogens (tertiary/aromatic N) is 3. The van der Waals surface area contributed by atoms with Gasteiger partial charge in [0.15, 0.2) is 6.10 Å². The van der Waals surface area contributed by atoms with Gasteiger partial charge in [-0.25, -0.2) is 0 Å². The van der Waals surface area contributed by atoms with Gasteiger partial charge < -0.3 is 24.5 Å². The van der Waals surface area contributed by atoms with Crippen molar-refractivity contribution in [3.8, 4) is 17.2 Å². The van der Waals surface area contributed by atoms with Gasteiger partial charge in [-0.1, -0.05) is 18.2 Å². The van der Waals surface area contributed by atoms with Crippen molar-refractivity contribution in [1.29, 1.82) is 0 Å². The molecule has 3 aromatic rings. The Kier molecular flexibility index (Phi) is 7.75. The fourth-order valence-electron chi connectivity index (χ4n) is 3.09. The molecule has 1 amide bonds. The molecule has 0 saturated heterocycles. The van der Waals surface area contributed by atoms with E-state index < -0.39 is 6.10 Å². The second-order valence-electron chi connectivity index (χ2n) is 7.33. The zero-order valence-corrected chi connectivity index (χ0v) is 18.0. The number of para-hydroxylation sites is 1. The predicted molar refractivity (Wildman–Crippen MR) is 117 cm³/mol. The summed E-state index contributed by atoms with van der Waals surface area (Å²) in [5.41, 5.74) is 1.81. The first-order valence-corrected chi connectivity index (χ1v) is 10.3. The van der Waals surface area contributed by atoms with Crippen LogP contribution in [0, 0.1) is 0 Å². The number of hydrogen-bond donors (Lipinski definition) is 2. The highest BCUT2D eigenvalue weighted by Crippen LogP contribution is 2.32. The normalized spacial score (nSPS) is 12.1. The van der Waals surface area contributed by atoms with Crippen LogP contribution in [0.2, 0.25) is 0 Å². The standard InChI is InChI=1S/C23H28N4O4/c1-4-30-20(18-8-5-6-9-19(18)28)23-26-25-22(31-23)17-12-10-16(11-13-17)21(29)24-14-7-15-27(2)3/h5-6,8-13,20,28H,4,7,14-15H2,1-3H3,(H,24,29). The number of ether oxygens (including phenoxy) is 1. The fraction of sp³-hybridized carbons (Fsp3) is 0.348. The molecular formula is C23H28N4O4. The number of aromatic hydroxyl groups is 1. The number of carbonyl (C=O) groups excluding carboxylic acids is 1. The van der Waals surface area contributed by atoms with Crippen molar-refractivity contribution in [1.82, 2.24) is 20.4 Å². The van der Waals surface area contributed by atoms with E-state index in [1.54, 1.807) is 42.5 Å². The average molecular weight is 425 g/mol. The number of nitrogens with one attached hydrogen (secondary N) is 1. The first kappa shape index (κ1) is 22.5. The van der Waals surface area contributed by atoms with Crippen LogP contribution >= 0.6 is 0 Å². The van der Waals surface area contributed by atoms with Crippen LogP contribution in [0.5, 0.6) is 5.75 Å². The van der Waals surface area contributed by atoms with Gasteiger partial charge in [0.05, 0.1) is 0 Å². The molecule has 0 aliphatic rings. The third-order valence-corrected chi connectivity index (χ3v) is 4.68. The van der Waals surface area contributed by atoms with Gasteiger partial charge in [-0.2, -0.15) is 0 Å². The van der Waals surface area contributed by atoms with Crippen LogP contribution in [-0.2, 0) is 4.74 Å². The van der Waals surface area contributed by atoms with Crippen molar-refractivity contribution in [2.75, 3.05) is 33.8 Å². The van der Waals surface area contributed by atoms with Gasteiger partial charge in [-0.05, 0) is 64.3 Å². The quantitative estimate of drug-likeness (QED) is 0.482. The Morgan fingerprint density at radius 1 is 1.16 bits per heavy atom. The molecule has 0 saturated carbocycles. The molecule has 31 heavy (non-hydrogen) atoms. The number of amides is 1. The van der Waals surface area contributed by atoms with Crippen LogP contribution in [-0.4, -0.2) is 59.9 Å². The molecule has 0 aliphatic heterocycles. The van der Waals surface area contributed by atoms with Crippen LogP contribution in [0.3, 0.4) is 0 Å². The maximum atomic E-state index is 12.3. The predicted octanol–water partition coefficient (Wildman–Crippen LogP) is 3.25. The zero-order valence-electron chi connectivity index (χ0n) is 18.0. The van der Waals surface area contributed by atoms with Crippen LogP contribution in [0.1, 0.15) is 41.3 Å². The number of aromatic nitrogens is 2. The van der Waals surface area contributed by atoms with E-state index in [-0.39, 0.29) is 17.5 Å². The second-order valence-corrected chi connectivity index (χ2v) is 7.33. The van der Waals surface area contributed by atoms with Crippen LogP contribution in [0.15, 0.2) is 52.9 Å². The lowest BCUT2D eigenvalue weighted by molar-refractivity contribution is 0.0700. The highest BCUT2D eigenvalue weighted by molar-refractivity contribution is 5.94. The van der Waals surface area contributed by atoms with Gasteiger partial charge in [0.1, 0.15) is 5.75 Å². The molecule has 0 radical (unpaired) electrons. The van der Waals surface area contributed by atoms with Gasteiger partial charge in [-0.15, -0.1) is 10.2 Å². The minimum absolute atomic E-state index is 0.0987. The van der Waals surface area contributed by atoms with Gasteiger partial charge in [-0.3, -0.25) is 4.79 Å². The third-order valence-electron chi connectivity index (χ3n) is 4.68. The van der Waals surface area contributed by atoms with Gasteiger partial charge in [0.2, 0.25) is 11.8 Å². The maximum Gasteiger partial charge on any atom is 0.251 e. The van der Waals surface area contributed by atoms with E-state index in [0.29, 0.717) is 35.7 Å². The molecule has 0 bridgehead atoms. The summed E-state index contributed by atoms with van der Waals surface area (Å²) in [6.07, 6.45) is 0.221. The Bertz CT molecular complexity index is 985. The van der Waals surface area contributed by atoms with Crippen LogP contribution < -0.4 is 5.32 Å². The Hall–Kier alpha value is -3.23. The molecule has 0 aliphatic carbocycles. The summed E-state index contributed by atoms with van der Waals surface area (Å²) in [6.45, 7) is 3.81. The average Bonchev–Trinajstić information content (AvgIpc) is 3.25. The lowest BCUT2D eigenvalue weighted by Gasteiger charge is -2.14. The second kappa shape index (κ2) is 10.7. The number of phenols is 1. The van der Waals surface area contributed by atoms with Gasteiger partial charge in [0.25, 0.3) is 5.91 Å². The van der Waals surface area contributed by atoms with E-state index in [2.05, 4.69) is 20.4 Å². The van der Waals surface area contributed by atoms with Gasteiger partial charge >= 0.3 is 0 Å². The van der Waals surface area contributed by atoms with E-state index in [0.717, 1.165) is 13.0 Å². The largest absolute Gasteiger partial charge is 0.508 e. The number of carbonyl (C=O) groups is 1. The minimum Gasteiger partial charge on any atom is -0.508 e. The highest BCUT2D eigenvalue weighted by Gasteiger charge is 2.24. The van der Waals surface area contributed by atoms with E-state index >= 15 is 0 Å². The van der Waals surface area contributed by atoms with Crippen molar-refractivity contribution in [3.05, 3.63) is 65.5 Å². The molecular weight excluding hydrogens is 396 g/mol. The summed E-state index contributed by atoms with van der Waals surface area (Å²) in [6, 6.07) is 13.9. The minimum atomic E-state index is -0.667. The number of hydrogen-bond acceptors (Lipinski definition) is 7. The van der Waals surface area contributed by atoms with E-state index in [9.17, 15) is 9.90 Å². The van der Waals surface area contributed by atoms with Crippen LogP contribution in [0.4, 0.5) is 0 Å². The third kappa shape index (κ3) is 5.90. The molecule has 164 valence electrons. The zero-order chi connectivity index (χ0) is 22.2. The summed E-state index contributed by atoms with van der Waals surface area (Å²) < 4.78 is 11.6. The molecule has 1 unspecified atom stereocenters. The van der Waals surface area contributed by atoms with Crippen molar-refractivity contribution in [3.63, 3.8) is 0 Å². The van der Waals surface area contributed by atoms with Crippen LogP contribution in [0.25, 0.3) is 11.5 Å².